The van der Waals surface area contributed by atoms with E-state index in [1.807, 2.05) is 12.3 Å². The Kier molecular flexibility index (Phi) is 5.38. The van der Waals surface area contributed by atoms with Gasteiger partial charge in [0.1, 0.15) is 4.21 Å². The average Bonchev–Trinajstić information content (AvgIpc) is 2.79. The van der Waals surface area contributed by atoms with E-state index in [-0.39, 0.29) is 0 Å². The third kappa shape index (κ3) is 4.27. The summed E-state index contributed by atoms with van der Waals surface area (Å²) < 4.78 is 27.3. The molecule has 2 rings (SSSR count). The van der Waals surface area contributed by atoms with Gasteiger partial charge in [0.05, 0.1) is 0 Å². The van der Waals surface area contributed by atoms with Crippen LogP contribution in [-0.2, 0) is 16.6 Å². The number of sulfonamides is 1. The number of thiophene rings is 1. The Morgan fingerprint density at radius 2 is 2.21 bits per heavy atom. The van der Waals surface area contributed by atoms with E-state index < -0.39 is 10.0 Å². The molecule has 1 aliphatic carbocycles. The molecule has 0 bridgehead atoms. The van der Waals surface area contributed by atoms with Gasteiger partial charge >= 0.3 is 0 Å². The molecule has 0 spiro atoms. The van der Waals surface area contributed by atoms with Gasteiger partial charge in [-0.05, 0) is 35.9 Å². The summed E-state index contributed by atoms with van der Waals surface area (Å²) in [5.41, 5.74) is 1.03. The van der Waals surface area contributed by atoms with E-state index >= 15 is 0 Å². The monoisotopic (exact) mass is 302 g/mol. The first-order valence-corrected chi connectivity index (χ1v) is 9.26. The van der Waals surface area contributed by atoms with Crippen molar-refractivity contribution in [3.05, 3.63) is 17.0 Å². The van der Waals surface area contributed by atoms with Gasteiger partial charge in [-0.25, -0.2) is 13.1 Å². The number of rotatable bonds is 8. The minimum atomic E-state index is -3.30. The number of nitrogens with one attached hydrogen (secondary N) is 2. The van der Waals surface area contributed by atoms with E-state index in [0.29, 0.717) is 10.8 Å². The molecule has 0 saturated heterocycles. The van der Waals surface area contributed by atoms with Gasteiger partial charge in [-0.3, -0.25) is 0 Å². The predicted octanol–water partition coefficient (Wildman–Crippen LogP) is 2.33. The molecule has 0 aliphatic heterocycles. The van der Waals surface area contributed by atoms with E-state index in [4.69, 9.17) is 0 Å². The Labute approximate surface area is 119 Å². The van der Waals surface area contributed by atoms with E-state index in [9.17, 15) is 8.42 Å². The fraction of sp³-hybridized carbons (Fsp3) is 0.692. The number of hydrogen-bond donors (Lipinski definition) is 2. The largest absolute Gasteiger partial charge is 0.313 e. The molecule has 108 valence electrons. The lowest BCUT2D eigenvalue weighted by Gasteiger charge is -2.24. The highest BCUT2D eigenvalue weighted by Gasteiger charge is 2.20. The molecule has 4 nitrogen and oxygen atoms in total. The van der Waals surface area contributed by atoms with Crippen LogP contribution >= 0.6 is 11.3 Å². The first-order valence-electron chi connectivity index (χ1n) is 6.89. The molecule has 0 amide bonds. The smallest absolute Gasteiger partial charge is 0.250 e. The van der Waals surface area contributed by atoms with Crippen molar-refractivity contribution in [3.63, 3.8) is 0 Å². The fourth-order valence-corrected chi connectivity index (χ4v) is 4.41. The second-order valence-electron chi connectivity index (χ2n) is 5.04. The topological polar surface area (TPSA) is 58.2 Å². The van der Waals surface area contributed by atoms with Gasteiger partial charge in [0.15, 0.2) is 0 Å². The lowest BCUT2D eigenvalue weighted by Crippen LogP contribution is -2.27. The summed E-state index contributed by atoms with van der Waals surface area (Å²) in [5, 5.41) is 5.10. The summed E-state index contributed by atoms with van der Waals surface area (Å²) in [6.07, 6.45) is 4.78. The van der Waals surface area contributed by atoms with Crippen LogP contribution in [0, 0.1) is 5.92 Å². The maximum Gasteiger partial charge on any atom is 0.250 e. The molecule has 19 heavy (non-hydrogen) atoms. The molecule has 0 aromatic carbocycles. The van der Waals surface area contributed by atoms with Crippen molar-refractivity contribution in [2.24, 2.45) is 5.92 Å². The van der Waals surface area contributed by atoms with Crippen LogP contribution in [-0.4, -0.2) is 21.5 Å². The highest BCUT2D eigenvalue weighted by atomic mass is 32.2. The van der Waals surface area contributed by atoms with Gasteiger partial charge in [0.2, 0.25) is 10.0 Å². The van der Waals surface area contributed by atoms with Crippen molar-refractivity contribution in [2.45, 2.75) is 43.4 Å². The average molecular weight is 302 g/mol. The lowest BCUT2D eigenvalue weighted by molar-refractivity contribution is 0.297. The van der Waals surface area contributed by atoms with E-state index in [0.717, 1.165) is 31.0 Å². The molecule has 0 unspecified atom stereocenters. The quantitative estimate of drug-likeness (QED) is 0.775. The molecule has 1 aliphatic rings. The summed E-state index contributed by atoms with van der Waals surface area (Å²) in [6.45, 7) is 4.21. The Morgan fingerprint density at radius 3 is 2.84 bits per heavy atom. The van der Waals surface area contributed by atoms with Crippen LogP contribution in [0.2, 0.25) is 0 Å². The van der Waals surface area contributed by atoms with Crippen LogP contribution in [0.25, 0.3) is 0 Å². The molecule has 0 radical (unpaired) electrons. The fourth-order valence-electron chi connectivity index (χ4n) is 2.11. The van der Waals surface area contributed by atoms with Crippen LogP contribution in [0.5, 0.6) is 0 Å². The Morgan fingerprint density at radius 1 is 1.42 bits per heavy atom. The van der Waals surface area contributed by atoms with Crippen molar-refractivity contribution < 1.29 is 8.42 Å². The van der Waals surface area contributed by atoms with Crippen LogP contribution in [0.1, 0.15) is 38.2 Å². The molecular formula is C13H22N2O2S2. The molecule has 1 saturated carbocycles. The Hall–Kier alpha value is -0.430. The minimum Gasteiger partial charge on any atom is -0.313 e. The molecule has 6 heteroatoms. The van der Waals surface area contributed by atoms with Crippen LogP contribution in [0.15, 0.2) is 15.7 Å². The van der Waals surface area contributed by atoms with Gasteiger partial charge in [0, 0.05) is 13.1 Å². The molecule has 1 aromatic rings. The van der Waals surface area contributed by atoms with Crippen LogP contribution in [0.3, 0.4) is 0 Å². The highest BCUT2D eigenvalue weighted by molar-refractivity contribution is 7.91. The van der Waals surface area contributed by atoms with Crippen molar-refractivity contribution >= 4 is 21.4 Å². The molecule has 0 atom stereocenters. The van der Waals surface area contributed by atoms with E-state index in [1.165, 1.54) is 30.6 Å². The molecular weight excluding hydrogens is 280 g/mol. The van der Waals surface area contributed by atoms with Gasteiger partial charge in [-0.1, -0.05) is 26.2 Å². The van der Waals surface area contributed by atoms with Gasteiger partial charge in [-0.2, -0.15) is 0 Å². The normalized spacial score (nSPS) is 16.5. The predicted molar refractivity (Wildman–Crippen MR) is 78.8 cm³/mol. The van der Waals surface area contributed by atoms with Crippen molar-refractivity contribution in [2.75, 3.05) is 13.1 Å². The minimum absolute atomic E-state index is 0.425. The Balaban J connectivity index is 1.85. The molecule has 1 heterocycles. The van der Waals surface area contributed by atoms with Crippen molar-refractivity contribution in [1.82, 2.24) is 10.0 Å². The molecule has 1 fully saturated rings. The standard InChI is InChI=1S/C13H22N2O2S2/c1-2-14-9-12-8-13(18-10-12)19(16,17)15-7-6-11-4-3-5-11/h8,10-11,14-15H,2-7,9H2,1H3. The van der Waals surface area contributed by atoms with Crippen LogP contribution < -0.4 is 10.0 Å². The lowest BCUT2D eigenvalue weighted by atomic mass is 9.83. The molecule has 1 aromatic heterocycles. The summed E-state index contributed by atoms with van der Waals surface area (Å²) in [4.78, 5) is 0. The van der Waals surface area contributed by atoms with E-state index in [2.05, 4.69) is 10.0 Å². The second-order valence-corrected chi connectivity index (χ2v) is 7.94. The second kappa shape index (κ2) is 6.83. The summed E-state index contributed by atoms with van der Waals surface area (Å²) >= 11 is 1.30. The molecule has 2 N–H and O–H groups in total. The SMILES string of the molecule is CCNCc1csc(S(=O)(=O)NCCC2CCC2)c1. The maximum atomic E-state index is 12.1. The maximum absolute atomic E-state index is 12.1. The Bertz CT molecular complexity index is 492. The summed E-state index contributed by atoms with van der Waals surface area (Å²) in [7, 11) is -3.30. The zero-order valence-corrected chi connectivity index (χ0v) is 12.9. The first-order chi connectivity index (χ1) is 9.12. The van der Waals surface area contributed by atoms with E-state index in [1.54, 1.807) is 6.07 Å². The third-order valence-electron chi connectivity index (χ3n) is 3.54. The first kappa shape index (κ1) is 15.0. The zero-order chi connectivity index (χ0) is 13.7. The van der Waals surface area contributed by atoms with Crippen molar-refractivity contribution in [3.8, 4) is 0 Å². The van der Waals surface area contributed by atoms with Gasteiger partial charge < -0.3 is 5.32 Å². The van der Waals surface area contributed by atoms with Gasteiger partial charge in [0.25, 0.3) is 0 Å². The zero-order valence-electron chi connectivity index (χ0n) is 11.3. The van der Waals surface area contributed by atoms with Crippen LogP contribution in [0.4, 0.5) is 0 Å². The summed E-state index contributed by atoms with van der Waals surface area (Å²) in [5.74, 6) is 0.732. The van der Waals surface area contributed by atoms with Crippen molar-refractivity contribution in [1.29, 1.82) is 0 Å². The number of hydrogen-bond acceptors (Lipinski definition) is 4. The highest BCUT2D eigenvalue weighted by Crippen LogP contribution is 2.29. The third-order valence-corrected chi connectivity index (χ3v) is 6.49. The van der Waals surface area contributed by atoms with Gasteiger partial charge in [-0.15, -0.1) is 11.3 Å². The summed E-state index contributed by atoms with van der Waals surface area (Å²) in [6, 6.07) is 1.76.